The van der Waals surface area contributed by atoms with Gasteiger partial charge >= 0.3 is 0 Å². The molecule has 5 heteroatoms. The second kappa shape index (κ2) is 9.21. The number of halogens is 1. The third-order valence-corrected chi connectivity index (χ3v) is 5.82. The number of rotatable bonds is 8. The molecule has 0 bridgehead atoms. The van der Waals surface area contributed by atoms with Crippen molar-refractivity contribution in [3.05, 3.63) is 80.0 Å². The normalized spacial score (nSPS) is 10.7. The van der Waals surface area contributed by atoms with Crippen molar-refractivity contribution in [2.45, 2.75) is 26.6 Å². The molecular weight excluding hydrogens is 410 g/mol. The first-order valence-corrected chi connectivity index (χ1v) is 10.1. The Bertz CT molecular complexity index is 849. The van der Waals surface area contributed by atoms with Crippen LogP contribution in [0.2, 0.25) is 0 Å². The second-order valence-electron chi connectivity index (χ2n) is 5.96. The molecule has 3 nitrogen and oxygen atoms in total. The lowest BCUT2D eigenvalue weighted by atomic mass is 10.1. The van der Waals surface area contributed by atoms with Gasteiger partial charge in [-0.2, -0.15) is 0 Å². The highest BCUT2D eigenvalue weighted by atomic mass is 79.9. The Morgan fingerprint density at radius 2 is 1.88 bits per heavy atom. The molecule has 0 atom stereocenters. The number of hydrogen-bond acceptors (Lipinski definition) is 4. The van der Waals surface area contributed by atoms with E-state index >= 15 is 0 Å². The van der Waals surface area contributed by atoms with Gasteiger partial charge in [-0.3, -0.25) is 0 Å². The number of aryl methyl sites for hydroxylation is 1. The fourth-order valence-electron chi connectivity index (χ4n) is 2.71. The van der Waals surface area contributed by atoms with Crippen molar-refractivity contribution in [1.29, 1.82) is 0 Å². The summed E-state index contributed by atoms with van der Waals surface area (Å²) in [6, 6.07) is 16.4. The molecule has 0 aliphatic heterocycles. The Hall–Kier alpha value is -1.82. The Morgan fingerprint density at radius 3 is 2.62 bits per heavy atom. The van der Waals surface area contributed by atoms with E-state index in [1.807, 2.05) is 24.3 Å². The smallest absolute Gasteiger partial charge is 0.167 e. The van der Waals surface area contributed by atoms with Crippen LogP contribution in [0.15, 0.2) is 58.4 Å². The first-order valence-electron chi connectivity index (χ1n) is 8.45. The van der Waals surface area contributed by atoms with Crippen molar-refractivity contribution in [3.63, 3.8) is 0 Å². The average Bonchev–Trinajstić information content (AvgIpc) is 3.16. The molecule has 0 aliphatic carbocycles. The van der Waals surface area contributed by atoms with Crippen LogP contribution >= 0.6 is 27.3 Å². The Morgan fingerprint density at radius 1 is 1.04 bits per heavy atom. The minimum Gasteiger partial charge on any atom is -0.493 e. The monoisotopic (exact) mass is 431 g/mol. The van der Waals surface area contributed by atoms with E-state index in [0.717, 1.165) is 28.1 Å². The summed E-state index contributed by atoms with van der Waals surface area (Å²) in [4.78, 5) is 1.31. The third-order valence-electron chi connectivity index (χ3n) is 4.20. The lowest BCUT2D eigenvalue weighted by molar-refractivity contribution is 0.279. The SMILES string of the molecule is COc1ccc(Br)c(CNCc2cccs2)c1OCc1ccccc1C. The van der Waals surface area contributed by atoms with Crippen molar-refractivity contribution in [1.82, 2.24) is 5.32 Å². The molecule has 3 aromatic rings. The number of nitrogens with one attached hydrogen (secondary N) is 1. The first-order chi connectivity index (χ1) is 12.7. The summed E-state index contributed by atoms with van der Waals surface area (Å²) in [7, 11) is 1.67. The lowest BCUT2D eigenvalue weighted by Crippen LogP contribution is -2.14. The molecule has 1 aromatic heterocycles. The van der Waals surface area contributed by atoms with Crippen LogP contribution in [0.3, 0.4) is 0 Å². The van der Waals surface area contributed by atoms with Crippen molar-refractivity contribution in [3.8, 4) is 11.5 Å². The third kappa shape index (κ3) is 4.67. The maximum Gasteiger partial charge on any atom is 0.167 e. The molecule has 2 aromatic carbocycles. The number of hydrogen-bond donors (Lipinski definition) is 1. The highest BCUT2D eigenvalue weighted by Crippen LogP contribution is 2.37. The van der Waals surface area contributed by atoms with Gasteiger partial charge in [0.25, 0.3) is 0 Å². The predicted octanol–water partition coefficient (Wildman–Crippen LogP) is 5.70. The lowest BCUT2D eigenvalue weighted by Gasteiger charge is -2.17. The maximum absolute atomic E-state index is 6.20. The number of benzene rings is 2. The van der Waals surface area contributed by atoms with Crippen molar-refractivity contribution in [2.75, 3.05) is 7.11 Å². The zero-order chi connectivity index (χ0) is 18.4. The highest BCUT2D eigenvalue weighted by molar-refractivity contribution is 9.10. The van der Waals surface area contributed by atoms with Gasteiger partial charge in [-0.25, -0.2) is 0 Å². The van der Waals surface area contributed by atoms with Gasteiger partial charge in [-0.05, 0) is 41.6 Å². The van der Waals surface area contributed by atoms with Crippen LogP contribution in [0, 0.1) is 6.92 Å². The zero-order valence-electron chi connectivity index (χ0n) is 14.9. The van der Waals surface area contributed by atoms with Crippen molar-refractivity contribution in [2.24, 2.45) is 0 Å². The van der Waals surface area contributed by atoms with Crippen LogP contribution < -0.4 is 14.8 Å². The summed E-state index contributed by atoms with van der Waals surface area (Å²) < 4.78 is 12.8. The minimum atomic E-state index is 0.511. The summed E-state index contributed by atoms with van der Waals surface area (Å²) in [5.74, 6) is 1.53. The standard InChI is InChI=1S/C21H22BrNO2S/c1-15-6-3-4-7-16(15)14-25-21-18(19(22)9-10-20(21)24-2)13-23-12-17-8-5-11-26-17/h3-11,23H,12-14H2,1-2H3. The summed E-state index contributed by atoms with van der Waals surface area (Å²) in [6.45, 7) is 4.13. The summed E-state index contributed by atoms with van der Waals surface area (Å²) in [5, 5.41) is 5.58. The largest absolute Gasteiger partial charge is 0.493 e. The van der Waals surface area contributed by atoms with Gasteiger partial charge in [0.05, 0.1) is 7.11 Å². The average molecular weight is 432 g/mol. The van der Waals surface area contributed by atoms with Gasteiger partial charge in [0.1, 0.15) is 6.61 Å². The molecule has 3 rings (SSSR count). The number of methoxy groups -OCH3 is 1. The molecule has 26 heavy (non-hydrogen) atoms. The van der Waals surface area contributed by atoms with Gasteiger partial charge in [0, 0.05) is 28.0 Å². The van der Waals surface area contributed by atoms with E-state index in [9.17, 15) is 0 Å². The van der Waals surface area contributed by atoms with E-state index in [1.165, 1.54) is 16.0 Å². The van der Waals surface area contributed by atoms with Crippen molar-refractivity contribution < 1.29 is 9.47 Å². The van der Waals surface area contributed by atoms with E-state index in [1.54, 1.807) is 18.4 Å². The van der Waals surface area contributed by atoms with Gasteiger partial charge < -0.3 is 14.8 Å². The highest BCUT2D eigenvalue weighted by Gasteiger charge is 2.15. The molecule has 0 spiro atoms. The summed E-state index contributed by atoms with van der Waals surface area (Å²) >= 11 is 5.41. The van der Waals surface area contributed by atoms with E-state index in [2.05, 4.69) is 57.8 Å². The van der Waals surface area contributed by atoms with E-state index in [-0.39, 0.29) is 0 Å². The van der Waals surface area contributed by atoms with Crippen LogP contribution in [0.25, 0.3) is 0 Å². The molecule has 0 unspecified atom stereocenters. The number of ether oxygens (including phenoxy) is 2. The molecule has 0 aliphatic rings. The first kappa shape index (κ1) is 19.0. The Kier molecular flexibility index (Phi) is 6.72. The molecule has 0 saturated heterocycles. The topological polar surface area (TPSA) is 30.5 Å². The van der Waals surface area contributed by atoms with Crippen LogP contribution in [0.4, 0.5) is 0 Å². The molecular formula is C21H22BrNO2S. The summed E-state index contributed by atoms with van der Waals surface area (Å²) in [5.41, 5.74) is 3.46. The van der Waals surface area contributed by atoms with Crippen LogP contribution in [-0.4, -0.2) is 7.11 Å². The molecule has 0 radical (unpaired) electrons. The van der Waals surface area contributed by atoms with Gasteiger partial charge in [0.15, 0.2) is 11.5 Å². The van der Waals surface area contributed by atoms with Gasteiger partial charge in [0.2, 0.25) is 0 Å². The van der Waals surface area contributed by atoms with Crippen molar-refractivity contribution >= 4 is 27.3 Å². The zero-order valence-corrected chi connectivity index (χ0v) is 17.3. The molecule has 1 N–H and O–H groups in total. The van der Waals surface area contributed by atoms with Crippen LogP contribution in [0.1, 0.15) is 21.6 Å². The van der Waals surface area contributed by atoms with Gasteiger partial charge in [-0.15, -0.1) is 11.3 Å². The van der Waals surface area contributed by atoms with Gasteiger partial charge in [-0.1, -0.05) is 46.3 Å². The molecule has 0 fully saturated rings. The predicted molar refractivity (Wildman–Crippen MR) is 111 cm³/mol. The number of thiophene rings is 1. The second-order valence-corrected chi connectivity index (χ2v) is 7.84. The molecule has 1 heterocycles. The molecule has 0 amide bonds. The summed E-state index contributed by atoms with van der Waals surface area (Å²) in [6.07, 6.45) is 0. The van der Waals surface area contributed by atoms with E-state index in [4.69, 9.17) is 9.47 Å². The fourth-order valence-corrected chi connectivity index (χ4v) is 3.84. The Labute approximate surface area is 167 Å². The molecule has 0 saturated carbocycles. The Balaban J connectivity index is 1.77. The van der Waals surface area contributed by atoms with E-state index < -0.39 is 0 Å². The maximum atomic E-state index is 6.20. The van der Waals surface area contributed by atoms with Crippen LogP contribution in [0.5, 0.6) is 11.5 Å². The fraction of sp³-hybridized carbons (Fsp3) is 0.238. The minimum absolute atomic E-state index is 0.511. The molecule has 136 valence electrons. The van der Waals surface area contributed by atoms with Crippen LogP contribution in [-0.2, 0) is 19.7 Å². The quantitative estimate of drug-likeness (QED) is 0.496. The van der Waals surface area contributed by atoms with E-state index in [0.29, 0.717) is 13.2 Å².